The molecular formula is C12H17N5O. The standard InChI is InChI=1S/C12H17N5O/c1-2-7-18-12-8-11(15-9-16-12)17-6-5-14-10(17)3-4-13/h5-6,8-9H,2-4,7,13H2,1H3. The number of ether oxygens (including phenoxy) is 1. The molecule has 0 atom stereocenters. The van der Waals surface area contributed by atoms with E-state index in [9.17, 15) is 0 Å². The molecule has 0 aliphatic heterocycles. The van der Waals surface area contributed by atoms with Gasteiger partial charge in [-0.1, -0.05) is 6.92 Å². The number of nitrogens with zero attached hydrogens (tertiary/aromatic N) is 4. The van der Waals surface area contributed by atoms with Crippen LogP contribution in [0.4, 0.5) is 0 Å². The van der Waals surface area contributed by atoms with Gasteiger partial charge in [-0.15, -0.1) is 0 Å². The van der Waals surface area contributed by atoms with E-state index in [-0.39, 0.29) is 0 Å². The van der Waals surface area contributed by atoms with E-state index in [4.69, 9.17) is 10.5 Å². The Balaban J connectivity index is 2.24. The van der Waals surface area contributed by atoms with E-state index < -0.39 is 0 Å². The van der Waals surface area contributed by atoms with E-state index in [1.165, 1.54) is 6.33 Å². The predicted octanol–water partition coefficient (Wildman–Crippen LogP) is 0.952. The van der Waals surface area contributed by atoms with E-state index in [2.05, 4.69) is 21.9 Å². The van der Waals surface area contributed by atoms with Crippen LogP contribution >= 0.6 is 0 Å². The number of rotatable bonds is 6. The number of hydrogen-bond acceptors (Lipinski definition) is 5. The molecule has 0 saturated heterocycles. The molecule has 6 heteroatoms. The molecule has 18 heavy (non-hydrogen) atoms. The molecule has 2 N–H and O–H groups in total. The summed E-state index contributed by atoms with van der Waals surface area (Å²) in [4.78, 5) is 12.6. The molecule has 96 valence electrons. The minimum atomic E-state index is 0.557. The highest BCUT2D eigenvalue weighted by molar-refractivity contribution is 5.28. The van der Waals surface area contributed by atoms with Crippen LogP contribution in [0.15, 0.2) is 24.8 Å². The summed E-state index contributed by atoms with van der Waals surface area (Å²) < 4.78 is 7.38. The average molecular weight is 247 g/mol. The molecule has 0 aliphatic rings. The minimum Gasteiger partial charge on any atom is -0.478 e. The highest BCUT2D eigenvalue weighted by atomic mass is 16.5. The second-order valence-corrected chi connectivity index (χ2v) is 3.82. The number of hydrogen-bond donors (Lipinski definition) is 1. The van der Waals surface area contributed by atoms with Crippen LogP contribution in [0.3, 0.4) is 0 Å². The average Bonchev–Trinajstić information content (AvgIpc) is 2.85. The fourth-order valence-electron chi connectivity index (χ4n) is 1.60. The van der Waals surface area contributed by atoms with Gasteiger partial charge < -0.3 is 10.5 Å². The molecule has 0 spiro atoms. The van der Waals surface area contributed by atoms with Crippen molar-refractivity contribution in [2.24, 2.45) is 5.73 Å². The normalized spacial score (nSPS) is 10.6. The Kier molecular flexibility index (Phi) is 4.25. The van der Waals surface area contributed by atoms with Gasteiger partial charge in [-0.3, -0.25) is 4.57 Å². The zero-order valence-electron chi connectivity index (χ0n) is 10.4. The van der Waals surface area contributed by atoms with E-state index in [1.54, 1.807) is 12.3 Å². The van der Waals surface area contributed by atoms with Crippen molar-refractivity contribution in [3.63, 3.8) is 0 Å². The van der Waals surface area contributed by atoms with Crippen LogP contribution in [-0.2, 0) is 6.42 Å². The summed E-state index contributed by atoms with van der Waals surface area (Å²) in [6.07, 6.45) is 6.74. The van der Waals surface area contributed by atoms with Crippen molar-refractivity contribution < 1.29 is 4.74 Å². The van der Waals surface area contributed by atoms with Crippen molar-refractivity contribution in [3.8, 4) is 11.7 Å². The van der Waals surface area contributed by atoms with Crippen molar-refractivity contribution in [3.05, 3.63) is 30.6 Å². The molecule has 6 nitrogen and oxygen atoms in total. The lowest BCUT2D eigenvalue weighted by Gasteiger charge is -2.08. The van der Waals surface area contributed by atoms with Gasteiger partial charge in [-0.2, -0.15) is 0 Å². The third kappa shape index (κ3) is 2.84. The highest BCUT2D eigenvalue weighted by Crippen LogP contribution is 2.13. The SMILES string of the molecule is CCCOc1cc(-n2ccnc2CCN)ncn1. The largest absolute Gasteiger partial charge is 0.478 e. The molecule has 2 aromatic heterocycles. The van der Waals surface area contributed by atoms with Crippen molar-refractivity contribution in [2.75, 3.05) is 13.2 Å². The fourth-order valence-corrected chi connectivity index (χ4v) is 1.60. The van der Waals surface area contributed by atoms with Crippen molar-refractivity contribution >= 4 is 0 Å². The van der Waals surface area contributed by atoms with Crippen LogP contribution in [0.5, 0.6) is 5.88 Å². The zero-order valence-corrected chi connectivity index (χ0v) is 10.4. The molecule has 0 aromatic carbocycles. The Morgan fingerprint density at radius 3 is 3.00 bits per heavy atom. The number of nitrogens with two attached hydrogens (primary N) is 1. The Morgan fingerprint density at radius 2 is 2.22 bits per heavy atom. The van der Waals surface area contributed by atoms with Crippen LogP contribution in [-0.4, -0.2) is 32.7 Å². The summed E-state index contributed by atoms with van der Waals surface area (Å²) in [6, 6.07) is 1.80. The lowest BCUT2D eigenvalue weighted by molar-refractivity contribution is 0.304. The van der Waals surface area contributed by atoms with E-state index in [1.807, 2.05) is 10.8 Å². The van der Waals surface area contributed by atoms with Gasteiger partial charge in [-0.25, -0.2) is 15.0 Å². The Morgan fingerprint density at radius 1 is 1.33 bits per heavy atom. The van der Waals surface area contributed by atoms with Crippen LogP contribution in [0, 0.1) is 0 Å². The number of imidazole rings is 1. The van der Waals surface area contributed by atoms with Crippen molar-refractivity contribution in [2.45, 2.75) is 19.8 Å². The van der Waals surface area contributed by atoms with Gasteiger partial charge in [0.05, 0.1) is 6.61 Å². The maximum absolute atomic E-state index is 5.55. The summed E-state index contributed by atoms with van der Waals surface area (Å²) in [6.45, 7) is 3.26. The van der Waals surface area contributed by atoms with Crippen LogP contribution in [0.1, 0.15) is 19.2 Å². The molecule has 2 heterocycles. The van der Waals surface area contributed by atoms with Gasteiger partial charge in [0.25, 0.3) is 0 Å². The Bertz CT molecular complexity index is 497. The fraction of sp³-hybridized carbons (Fsp3) is 0.417. The molecule has 2 rings (SSSR count). The van der Waals surface area contributed by atoms with E-state index in [0.717, 1.165) is 18.1 Å². The lowest BCUT2D eigenvalue weighted by Crippen LogP contribution is -2.10. The first kappa shape index (κ1) is 12.5. The molecule has 0 unspecified atom stereocenters. The summed E-state index contributed by atoms with van der Waals surface area (Å²) in [5, 5.41) is 0. The Labute approximate surface area is 106 Å². The maximum Gasteiger partial charge on any atom is 0.218 e. The minimum absolute atomic E-state index is 0.557. The first-order valence-corrected chi connectivity index (χ1v) is 6.02. The number of aromatic nitrogens is 4. The maximum atomic E-state index is 5.55. The third-order valence-corrected chi connectivity index (χ3v) is 2.41. The lowest BCUT2D eigenvalue weighted by atomic mass is 10.4. The van der Waals surface area contributed by atoms with E-state index in [0.29, 0.717) is 25.5 Å². The molecule has 0 aliphatic carbocycles. The molecule has 0 radical (unpaired) electrons. The van der Waals surface area contributed by atoms with Crippen LogP contribution in [0.2, 0.25) is 0 Å². The first-order valence-electron chi connectivity index (χ1n) is 6.02. The zero-order chi connectivity index (χ0) is 12.8. The second-order valence-electron chi connectivity index (χ2n) is 3.82. The summed E-state index contributed by atoms with van der Waals surface area (Å²) in [5.41, 5.74) is 5.55. The Hall–Kier alpha value is -1.95. The molecular weight excluding hydrogens is 230 g/mol. The second kappa shape index (κ2) is 6.11. The summed E-state index contributed by atoms with van der Waals surface area (Å²) in [5.74, 6) is 2.21. The molecule has 2 aromatic rings. The van der Waals surface area contributed by atoms with Crippen molar-refractivity contribution in [1.29, 1.82) is 0 Å². The smallest absolute Gasteiger partial charge is 0.218 e. The quantitative estimate of drug-likeness (QED) is 0.822. The molecule has 0 fully saturated rings. The topological polar surface area (TPSA) is 78.9 Å². The van der Waals surface area contributed by atoms with E-state index >= 15 is 0 Å². The van der Waals surface area contributed by atoms with Gasteiger partial charge in [0.2, 0.25) is 5.88 Å². The van der Waals surface area contributed by atoms with Gasteiger partial charge in [0.15, 0.2) is 0 Å². The third-order valence-electron chi connectivity index (χ3n) is 2.41. The highest BCUT2D eigenvalue weighted by Gasteiger charge is 2.07. The van der Waals surface area contributed by atoms with Crippen LogP contribution < -0.4 is 10.5 Å². The van der Waals surface area contributed by atoms with Gasteiger partial charge in [0.1, 0.15) is 18.0 Å². The predicted molar refractivity (Wildman–Crippen MR) is 67.7 cm³/mol. The van der Waals surface area contributed by atoms with Gasteiger partial charge in [-0.05, 0) is 13.0 Å². The molecule has 0 saturated carbocycles. The first-order chi connectivity index (χ1) is 8.85. The molecule has 0 amide bonds. The summed E-state index contributed by atoms with van der Waals surface area (Å²) in [7, 11) is 0. The van der Waals surface area contributed by atoms with Crippen molar-refractivity contribution in [1.82, 2.24) is 19.5 Å². The molecule has 0 bridgehead atoms. The monoisotopic (exact) mass is 247 g/mol. The summed E-state index contributed by atoms with van der Waals surface area (Å²) >= 11 is 0. The van der Waals surface area contributed by atoms with Gasteiger partial charge in [0, 0.05) is 24.9 Å². The van der Waals surface area contributed by atoms with Gasteiger partial charge >= 0.3 is 0 Å². The van der Waals surface area contributed by atoms with Crippen LogP contribution in [0.25, 0.3) is 5.82 Å².